The number of hydrogen-bond donors (Lipinski definition) is 0. The van der Waals surface area contributed by atoms with Gasteiger partial charge in [0.05, 0.1) is 12.4 Å². The fourth-order valence-electron chi connectivity index (χ4n) is 1.07. The maximum atomic E-state index is 12.0. The third-order valence-electron chi connectivity index (χ3n) is 2.32. The van der Waals surface area contributed by atoms with Gasteiger partial charge in [0.15, 0.2) is 10.1 Å². The number of aromatic nitrogens is 2. The highest BCUT2D eigenvalue weighted by molar-refractivity contribution is 8.01. The van der Waals surface area contributed by atoms with Crippen molar-refractivity contribution in [2.24, 2.45) is 5.41 Å². The van der Waals surface area contributed by atoms with E-state index in [1.54, 1.807) is 27.7 Å². The summed E-state index contributed by atoms with van der Waals surface area (Å²) < 4.78 is 9.65. The zero-order chi connectivity index (χ0) is 13.8. The first-order chi connectivity index (χ1) is 8.37. The minimum Gasteiger partial charge on any atom is -0.465 e. The molecule has 0 unspecified atom stereocenters. The predicted molar refractivity (Wildman–Crippen MR) is 70.8 cm³/mol. The van der Waals surface area contributed by atoms with Crippen LogP contribution in [0.5, 0.6) is 0 Å². The van der Waals surface area contributed by atoms with Crippen molar-refractivity contribution in [1.82, 2.24) is 9.36 Å². The highest BCUT2D eigenvalue weighted by Crippen LogP contribution is 2.26. The summed E-state index contributed by atoms with van der Waals surface area (Å²) in [6, 6.07) is 0. The van der Waals surface area contributed by atoms with Crippen molar-refractivity contribution >= 4 is 35.0 Å². The average molecular weight is 288 g/mol. The molecule has 0 amide bonds. The Bertz CT molecular complexity index is 443. The van der Waals surface area contributed by atoms with Crippen LogP contribution in [0.25, 0.3) is 0 Å². The molecule has 0 bridgehead atoms. The first-order valence-corrected chi connectivity index (χ1v) is 7.27. The second-order valence-corrected chi connectivity index (χ2v) is 6.14. The molecule has 0 N–H and O–H groups in total. The van der Waals surface area contributed by atoms with Crippen molar-refractivity contribution in [3.8, 4) is 0 Å². The smallest absolute Gasteiger partial charge is 0.319 e. The number of aryl methyl sites for hydroxylation is 1. The highest BCUT2D eigenvalue weighted by Gasteiger charge is 2.37. The number of esters is 1. The number of nitrogens with zero attached hydrogens (tertiary/aromatic N) is 2. The van der Waals surface area contributed by atoms with Crippen molar-refractivity contribution in [3.63, 3.8) is 0 Å². The zero-order valence-corrected chi connectivity index (χ0v) is 12.5. The Labute approximate surface area is 114 Å². The molecule has 0 aromatic carbocycles. The molecule has 7 heteroatoms. The fraction of sp³-hybridized carbons (Fsp3) is 0.636. The molecule has 1 aromatic rings. The Morgan fingerprint density at radius 1 is 1.44 bits per heavy atom. The number of ether oxygens (including phenoxy) is 1. The monoisotopic (exact) mass is 288 g/mol. The van der Waals surface area contributed by atoms with E-state index in [1.807, 2.05) is 0 Å². The third kappa shape index (κ3) is 3.78. The van der Waals surface area contributed by atoms with Gasteiger partial charge in [0.2, 0.25) is 0 Å². The molecule has 5 nitrogen and oxygen atoms in total. The van der Waals surface area contributed by atoms with Crippen LogP contribution in [-0.4, -0.2) is 33.5 Å². The second kappa shape index (κ2) is 6.29. The van der Waals surface area contributed by atoms with Crippen molar-refractivity contribution < 1.29 is 14.3 Å². The van der Waals surface area contributed by atoms with Crippen LogP contribution in [0.4, 0.5) is 0 Å². The summed E-state index contributed by atoms with van der Waals surface area (Å²) in [6.45, 7) is 6.96. The molecule has 0 spiro atoms. The predicted octanol–water partition coefficient (Wildman–Crippen LogP) is 2.10. The van der Waals surface area contributed by atoms with Crippen molar-refractivity contribution in [3.05, 3.63) is 5.82 Å². The Kier molecular flexibility index (Phi) is 5.28. The van der Waals surface area contributed by atoms with E-state index in [1.165, 1.54) is 23.3 Å². The number of hydrogen-bond acceptors (Lipinski definition) is 7. The molecule has 1 aromatic heterocycles. The maximum Gasteiger partial charge on any atom is 0.319 e. The number of rotatable bonds is 6. The van der Waals surface area contributed by atoms with Gasteiger partial charge in [-0.1, -0.05) is 11.8 Å². The molecule has 0 aliphatic heterocycles. The Morgan fingerprint density at radius 3 is 2.61 bits per heavy atom. The molecule has 0 aliphatic rings. The molecule has 0 aliphatic carbocycles. The van der Waals surface area contributed by atoms with E-state index in [0.29, 0.717) is 5.82 Å². The van der Waals surface area contributed by atoms with Crippen LogP contribution in [0, 0.1) is 12.3 Å². The van der Waals surface area contributed by atoms with Gasteiger partial charge in [0.25, 0.3) is 0 Å². The first-order valence-electron chi connectivity index (χ1n) is 5.51. The fourth-order valence-corrected chi connectivity index (χ4v) is 2.81. The lowest BCUT2D eigenvalue weighted by Gasteiger charge is -2.20. The van der Waals surface area contributed by atoms with Gasteiger partial charge < -0.3 is 4.74 Å². The molecule has 0 saturated carbocycles. The lowest BCUT2D eigenvalue weighted by atomic mass is 9.89. The molecule has 100 valence electrons. The van der Waals surface area contributed by atoms with E-state index in [9.17, 15) is 9.59 Å². The largest absolute Gasteiger partial charge is 0.465 e. The van der Waals surface area contributed by atoms with Gasteiger partial charge >= 0.3 is 5.97 Å². The van der Waals surface area contributed by atoms with Crippen molar-refractivity contribution in [2.75, 3.05) is 12.4 Å². The Balaban J connectivity index is 2.56. The van der Waals surface area contributed by atoms with Crippen LogP contribution in [0.3, 0.4) is 0 Å². The van der Waals surface area contributed by atoms with Crippen LogP contribution in [0.2, 0.25) is 0 Å². The maximum absolute atomic E-state index is 12.0. The van der Waals surface area contributed by atoms with Crippen LogP contribution in [0.1, 0.15) is 26.6 Å². The second-order valence-electron chi connectivity index (χ2n) is 4.16. The quantitative estimate of drug-likeness (QED) is 0.453. The SMILES string of the molecule is CCOC(=O)C(C)(C)C(=O)CSc1nc(C)ns1. The van der Waals surface area contributed by atoms with E-state index < -0.39 is 11.4 Å². The minimum absolute atomic E-state index is 0.168. The first kappa shape index (κ1) is 15.1. The summed E-state index contributed by atoms with van der Waals surface area (Å²) >= 11 is 2.55. The van der Waals surface area contributed by atoms with Gasteiger partial charge in [-0.05, 0) is 39.2 Å². The Morgan fingerprint density at radius 2 is 2.11 bits per heavy atom. The molecule has 1 heterocycles. The number of carbonyl (C=O) groups is 2. The summed E-state index contributed by atoms with van der Waals surface area (Å²) in [6.07, 6.45) is 0. The van der Waals surface area contributed by atoms with E-state index in [2.05, 4.69) is 9.36 Å². The van der Waals surface area contributed by atoms with Gasteiger partial charge in [0.1, 0.15) is 11.2 Å². The summed E-state index contributed by atoms with van der Waals surface area (Å²) in [5, 5.41) is 0. The molecule has 18 heavy (non-hydrogen) atoms. The van der Waals surface area contributed by atoms with Crippen LogP contribution in [0.15, 0.2) is 4.34 Å². The molecule has 1 rings (SSSR count). The Hall–Kier alpha value is -0.950. The third-order valence-corrected chi connectivity index (χ3v) is 4.24. The average Bonchev–Trinajstić information content (AvgIpc) is 2.72. The molecule has 0 fully saturated rings. The number of carbonyl (C=O) groups excluding carboxylic acids is 2. The lowest BCUT2D eigenvalue weighted by Crippen LogP contribution is -2.36. The standard InChI is InChI=1S/C11H16N2O3S2/c1-5-16-9(15)11(3,4)8(14)6-17-10-12-7(2)13-18-10/h5-6H2,1-4H3. The summed E-state index contributed by atoms with van der Waals surface area (Å²) in [5.74, 6) is 0.239. The summed E-state index contributed by atoms with van der Waals surface area (Å²) in [5.41, 5.74) is -1.11. The van der Waals surface area contributed by atoms with Gasteiger partial charge in [-0.25, -0.2) is 4.98 Å². The normalized spacial score (nSPS) is 11.3. The lowest BCUT2D eigenvalue weighted by molar-refractivity contribution is -0.157. The van der Waals surface area contributed by atoms with E-state index >= 15 is 0 Å². The van der Waals surface area contributed by atoms with Crippen LogP contribution in [-0.2, 0) is 14.3 Å². The molecule has 0 atom stereocenters. The van der Waals surface area contributed by atoms with E-state index in [0.717, 1.165) is 4.34 Å². The molecular formula is C11H16N2O3S2. The van der Waals surface area contributed by atoms with Crippen LogP contribution >= 0.6 is 23.3 Å². The van der Waals surface area contributed by atoms with Gasteiger partial charge in [0, 0.05) is 0 Å². The topological polar surface area (TPSA) is 69.2 Å². The number of Topliss-reactive ketones (excluding diaryl/α,β-unsaturated/α-hetero) is 1. The van der Waals surface area contributed by atoms with Gasteiger partial charge in [-0.2, -0.15) is 4.37 Å². The van der Waals surface area contributed by atoms with E-state index in [-0.39, 0.29) is 18.1 Å². The summed E-state index contributed by atoms with van der Waals surface area (Å²) in [4.78, 5) is 27.8. The minimum atomic E-state index is -1.11. The summed E-state index contributed by atoms with van der Waals surface area (Å²) in [7, 11) is 0. The molecule has 0 radical (unpaired) electrons. The molecule has 0 saturated heterocycles. The van der Waals surface area contributed by atoms with Crippen molar-refractivity contribution in [1.29, 1.82) is 0 Å². The van der Waals surface area contributed by atoms with Gasteiger partial charge in [-0.3, -0.25) is 9.59 Å². The van der Waals surface area contributed by atoms with Crippen LogP contribution < -0.4 is 0 Å². The number of ketones is 1. The zero-order valence-electron chi connectivity index (χ0n) is 10.8. The molecular weight excluding hydrogens is 272 g/mol. The highest BCUT2D eigenvalue weighted by atomic mass is 32.2. The van der Waals surface area contributed by atoms with Crippen molar-refractivity contribution in [2.45, 2.75) is 32.0 Å². The van der Waals surface area contributed by atoms with Gasteiger partial charge in [-0.15, -0.1) is 0 Å². The van der Waals surface area contributed by atoms with E-state index in [4.69, 9.17) is 4.74 Å². The number of thioether (sulfide) groups is 1.